The molecule has 1 aliphatic rings. The molecule has 34 heavy (non-hydrogen) atoms. The number of aromatic nitrogens is 1. The molecule has 0 amide bonds. The number of ketones is 1. The Bertz CT molecular complexity index is 1060. The third kappa shape index (κ3) is 6.73. The van der Waals surface area contributed by atoms with Crippen LogP contribution in [-0.2, 0) is 11.3 Å². The minimum atomic E-state index is 0. The summed E-state index contributed by atoms with van der Waals surface area (Å²) in [6, 6.07) is 17.6. The van der Waals surface area contributed by atoms with Gasteiger partial charge in [-0.25, -0.2) is 0 Å². The standard InChI is InChI=1S/C30H40N2O.ClH/c1-23-11-9-14-25(19-23)28(20-26(33)15-10-18-31(2)3)29-22-32(21-24-12-5-4-6-13-24)30-17-8-7-16-27(29)30;/h7-9,11,14,16-17,19,22,24,28H,4-6,10,12-13,15,18,20-21H2,1-3H3;1H. The molecule has 1 aliphatic carbocycles. The molecular formula is C30H41ClN2O. The highest BCUT2D eigenvalue weighted by molar-refractivity contribution is 5.87. The van der Waals surface area contributed by atoms with Gasteiger partial charge in [0.25, 0.3) is 0 Å². The van der Waals surface area contributed by atoms with Crippen LogP contribution in [0.5, 0.6) is 0 Å². The van der Waals surface area contributed by atoms with Crippen LogP contribution in [0.4, 0.5) is 0 Å². The molecule has 3 aromatic rings. The van der Waals surface area contributed by atoms with Crippen LogP contribution in [-0.4, -0.2) is 35.9 Å². The van der Waals surface area contributed by atoms with Crippen molar-refractivity contribution in [3.05, 3.63) is 71.4 Å². The molecule has 1 aromatic heterocycles. The molecule has 1 atom stereocenters. The first-order chi connectivity index (χ1) is 16.0. The first-order valence-corrected chi connectivity index (χ1v) is 12.8. The Labute approximate surface area is 211 Å². The zero-order valence-corrected chi connectivity index (χ0v) is 21.9. The van der Waals surface area contributed by atoms with E-state index in [1.165, 1.54) is 59.7 Å². The van der Waals surface area contributed by atoms with E-state index in [4.69, 9.17) is 0 Å². The SMILES string of the molecule is Cc1cccc(C(CC(=O)CCCN(C)C)c2cn(CC3CCCCC3)c3ccccc23)c1.Cl. The van der Waals surface area contributed by atoms with Crippen LogP contribution >= 0.6 is 12.4 Å². The molecule has 184 valence electrons. The van der Waals surface area contributed by atoms with Crippen molar-refractivity contribution < 1.29 is 4.79 Å². The second kappa shape index (κ2) is 12.6. The van der Waals surface area contributed by atoms with Gasteiger partial charge in [0.05, 0.1) is 0 Å². The predicted octanol–water partition coefficient (Wildman–Crippen LogP) is 7.38. The molecule has 1 saturated carbocycles. The number of para-hydroxylation sites is 1. The highest BCUT2D eigenvalue weighted by Gasteiger charge is 2.24. The van der Waals surface area contributed by atoms with Crippen molar-refractivity contribution in [1.29, 1.82) is 0 Å². The molecule has 1 unspecified atom stereocenters. The lowest BCUT2D eigenvalue weighted by molar-refractivity contribution is -0.119. The molecule has 4 rings (SSSR count). The van der Waals surface area contributed by atoms with E-state index in [2.05, 4.69) is 85.2 Å². The number of hydrogen-bond acceptors (Lipinski definition) is 2. The quantitative estimate of drug-likeness (QED) is 0.302. The summed E-state index contributed by atoms with van der Waals surface area (Å²) < 4.78 is 2.49. The van der Waals surface area contributed by atoms with Gasteiger partial charge in [-0.15, -0.1) is 12.4 Å². The summed E-state index contributed by atoms with van der Waals surface area (Å²) in [5, 5.41) is 1.31. The predicted molar refractivity (Wildman–Crippen MR) is 146 cm³/mol. The lowest BCUT2D eigenvalue weighted by Crippen LogP contribution is -2.15. The Morgan fingerprint density at radius 3 is 2.56 bits per heavy atom. The average molecular weight is 481 g/mol. The summed E-state index contributed by atoms with van der Waals surface area (Å²) in [5.74, 6) is 1.24. The second-order valence-corrected chi connectivity index (χ2v) is 10.4. The summed E-state index contributed by atoms with van der Waals surface area (Å²) in [5.41, 5.74) is 5.14. The number of Topliss-reactive ketones (excluding diaryl/α,β-unsaturated/α-hetero) is 1. The van der Waals surface area contributed by atoms with Gasteiger partial charge in [-0.2, -0.15) is 0 Å². The monoisotopic (exact) mass is 480 g/mol. The number of carbonyl (C=O) groups is 1. The number of rotatable bonds is 10. The molecule has 0 aliphatic heterocycles. The fourth-order valence-electron chi connectivity index (χ4n) is 5.57. The smallest absolute Gasteiger partial charge is 0.133 e. The number of carbonyl (C=O) groups excluding carboxylic acids is 1. The zero-order valence-electron chi connectivity index (χ0n) is 21.1. The molecule has 4 heteroatoms. The minimum Gasteiger partial charge on any atom is -0.347 e. The van der Waals surface area contributed by atoms with Crippen LogP contribution in [0.2, 0.25) is 0 Å². The van der Waals surface area contributed by atoms with Crippen molar-refractivity contribution in [2.24, 2.45) is 5.92 Å². The number of nitrogens with zero attached hydrogens (tertiary/aromatic N) is 2. The maximum Gasteiger partial charge on any atom is 0.133 e. The van der Waals surface area contributed by atoms with Crippen LogP contribution in [0.15, 0.2) is 54.7 Å². The van der Waals surface area contributed by atoms with Gasteiger partial charge in [0.2, 0.25) is 0 Å². The number of benzene rings is 2. The molecular weight excluding hydrogens is 440 g/mol. The van der Waals surface area contributed by atoms with Gasteiger partial charge in [-0.1, -0.05) is 67.3 Å². The highest BCUT2D eigenvalue weighted by Crippen LogP contribution is 2.37. The average Bonchev–Trinajstić information content (AvgIpc) is 3.16. The van der Waals surface area contributed by atoms with Gasteiger partial charge in [-0.05, 0) is 69.9 Å². The maximum atomic E-state index is 13.1. The van der Waals surface area contributed by atoms with E-state index in [1.54, 1.807) is 0 Å². The molecule has 3 nitrogen and oxygen atoms in total. The topological polar surface area (TPSA) is 25.2 Å². The molecule has 2 aromatic carbocycles. The van der Waals surface area contributed by atoms with E-state index < -0.39 is 0 Å². The first-order valence-electron chi connectivity index (χ1n) is 12.8. The second-order valence-electron chi connectivity index (χ2n) is 10.4. The number of fused-ring (bicyclic) bond motifs is 1. The molecule has 0 saturated heterocycles. The van der Waals surface area contributed by atoms with Gasteiger partial charge in [0.1, 0.15) is 5.78 Å². The molecule has 1 heterocycles. The highest BCUT2D eigenvalue weighted by atomic mass is 35.5. The Kier molecular flexibility index (Phi) is 9.79. The van der Waals surface area contributed by atoms with Crippen LogP contribution in [0.3, 0.4) is 0 Å². The fraction of sp³-hybridized carbons (Fsp3) is 0.500. The fourth-order valence-corrected chi connectivity index (χ4v) is 5.57. The first kappa shape index (κ1) is 26.5. The summed E-state index contributed by atoms with van der Waals surface area (Å²) in [6.45, 7) is 4.20. The third-order valence-electron chi connectivity index (χ3n) is 7.31. The van der Waals surface area contributed by atoms with Crippen molar-refractivity contribution in [2.75, 3.05) is 20.6 Å². The van der Waals surface area contributed by atoms with E-state index in [0.717, 1.165) is 25.4 Å². The summed E-state index contributed by atoms with van der Waals surface area (Å²) in [6.07, 6.45) is 11.3. The zero-order chi connectivity index (χ0) is 23.2. The Morgan fingerprint density at radius 1 is 1.06 bits per heavy atom. The lowest BCUT2D eigenvalue weighted by atomic mass is 9.85. The maximum absolute atomic E-state index is 13.1. The molecule has 0 spiro atoms. The largest absolute Gasteiger partial charge is 0.347 e. The van der Waals surface area contributed by atoms with Crippen molar-refractivity contribution in [3.8, 4) is 0 Å². The van der Waals surface area contributed by atoms with Crippen LogP contribution in [0.25, 0.3) is 10.9 Å². The number of hydrogen-bond donors (Lipinski definition) is 0. The van der Waals surface area contributed by atoms with E-state index in [9.17, 15) is 4.79 Å². The third-order valence-corrected chi connectivity index (χ3v) is 7.31. The van der Waals surface area contributed by atoms with Crippen molar-refractivity contribution in [1.82, 2.24) is 9.47 Å². The van der Waals surface area contributed by atoms with Crippen molar-refractivity contribution >= 4 is 29.1 Å². The van der Waals surface area contributed by atoms with Gasteiger partial charge in [-0.3, -0.25) is 4.79 Å². The Hall–Kier alpha value is -2.10. The van der Waals surface area contributed by atoms with Crippen LogP contribution in [0.1, 0.15) is 74.0 Å². The molecule has 0 N–H and O–H groups in total. The minimum absolute atomic E-state index is 0. The lowest BCUT2D eigenvalue weighted by Gasteiger charge is -2.22. The van der Waals surface area contributed by atoms with E-state index in [0.29, 0.717) is 18.6 Å². The van der Waals surface area contributed by atoms with Crippen molar-refractivity contribution in [2.45, 2.75) is 70.8 Å². The normalized spacial score (nSPS) is 15.4. The van der Waals surface area contributed by atoms with Gasteiger partial charge >= 0.3 is 0 Å². The number of halogens is 1. The van der Waals surface area contributed by atoms with Gasteiger partial charge < -0.3 is 9.47 Å². The molecule has 0 radical (unpaired) electrons. The summed E-state index contributed by atoms with van der Waals surface area (Å²) >= 11 is 0. The molecule has 0 bridgehead atoms. The van der Waals surface area contributed by atoms with Gasteiger partial charge in [0, 0.05) is 42.4 Å². The van der Waals surface area contributed by atoms with Crippen LogP contribution < -0.4 is 0 Å². The summed E-state index contributed by atoms with van der Waals surface area (Å²) in [7, 11) is 4.14. The van der Waals surface area contributed by atoms with Gasteiger partial charge in [0.15, 0.2) is 0 Å². The van der Waals surface area contributed by atoms with E-state index in [1.807, 2.05) is 0 Å². The van der Waals surface area contributed by atoms with Crippen LogP contribution in [0, 0.1) is 12.8 Å². The molecule has 1 fully saturated rings. The Morgan fingerprint density at radius 2 is 1.82 bits per heavy atom. The summed E-state index contributed by atoms with van der Waals surface area (Å²) in [4.78, 5) is 15.3. The number of aryl methyl sites for hydroxylation is 1. The van der Waals surface area contributed by atoms with Crippen molar-refractivity contribution in [3.63, 3.8) is 0 Å². The van der Waals surface area contributed by atoms with E-state index in [-0.39, 0.29) is 18.3 Å². The Balaban J connectivity index is 0.00000324. The van der Waals surface area contributed by atoms with E-state index >= 15 is 0 Å².